The predicted molar refractivity (Wildman–Crippen MR) is 61.0 cm³/mol. The molecule has 0 fully saturated rings. The van der Waals surface area contributed by atoms with Gasteiger partial charge >= 0.3 is 0 Å². The number of aryl methyl sites for hydroxylation is 2. The van der Waals surface area contributed by atoms with Gasteiger partial charge in [0.25, 0.3) is 0 Å². The Morgan fingerprint density at radius 3 is 3.15 bits per heavy atom. The van der Waals surface area contributed by atoms with Gasteiger partial charge in [-0.2, -0.15) is 0 Å². The van der Waals surface area contributed by atoms with Crippen molar-refractivity contribution in [1.82, 2.24) is 0 Å². The van der Waals surface area contributed by atoms with Gasteiger partial charge in [0.15, 0.2) is 0 Å². The maximum atomic E-state index is 2.33. The first kappa shape index (κ1) is 7.89. The summed E-state index contributed by atoms with van der Waals surface area (Å²) in [6.45, 7) is 2.22. The van der Waals surface area contributed by atoms with Gasteiger partial charge in [-0.25, -0.2) is 0 Å². The largest absolute Gasteiger partial charge is 0.143 e. The lowest BCUT2D eigenvalue weighted by molar-refractivity contribution is 1.15. The molecule has 1 aliphatic heterocycles. The van der Waals surface area contributed by atoms with Crippen LogP contribution in [0.25, 0.3) is 10.1 Å². The fourth-order valence-electron chi connectivity index (χ4n) is 1.90. The minimum absolute atomic E-state index is 1.25. The number of hydrogen-bond donors (Lipinski definition) is 0. The molecule has 0 radical (unpaired) electrons. The van der Waals surface area contributed by atoms with E-state index in [4.69, 9.17) is 0 Å². The summed E-state index contributed by atoms with van der Waals surface area (Å²) in [6, 6.07) is 4.50. The van der Waals surface area contributed by atoms with Gasteiger partial charge < -0.3 is 0 Å². The Hall–Kier alpha value is -0.470. The third-order valence-corrected chi connectivity index (χ3v) is 4.80. The standard InChI is InChI=1S/C11H10S2/c1-7-2-3-9-10-8(6-13-9)4-5-12-11(7)10/h2-3,6H,4-5H2,1H3. The molecule has 0 spiro atoms. The molecule has 3 rings (SSSR count). The molecule has 1 aromatic carbocycles. The molecule has 0 unspecified atom stereocenters. The van der Waals surface area contributed by atoms with Gasteiger partial charge in [0.2, 0.25) is 0 Å². The average Bonchev–Trinajstić information content (AvgIpc) is 2.57. The number of rotatable bonds is 0. The molecule has 0 atom stereocenters. The zero-order chi connectivity index (χ0) is 8.84. The molecule has 0 N–H and O–H groups in total. The van der Waals surface area contributed by atoms with Crippen molar-refractivity contribution < 1.29 is 0 Å². The molecule has 1 aliphatic rings. The summed E-state index contributed by atoms with van der Waals surface area (Å²) in [4.78, 5) is 1.53. The van der Waals surface area contributed by atoms with Gasteiger partial charge in [-0.15, -0.1) is 23.1 Å². The van der Waals surface area contributed by atoms with E-state index < -0.39 is 0 Å². The summed E-state index contributed by atoms with van der Waals surface area (Å²) >= 11 is 3.91. The lowest BCUT2D eigenvalue weighted by Crippen LogP contribution is -1.95. The fourth-order valence-corrected chi connectivity index (χ4v) is 4.17. The highest BCUT2D eigenvalue weighted by molar-refractivity contribution is 7.99. The molecule has 1 aromatic heterocycles. The quantitative estimate of drug-likeness (QED) is 0.631. The molecule has 2 aromatic rings. The van der Waals surface area contributed by atoms with E-state index in [1.807, 2.05) is 23.1 Å². The lowest BCUT2D eigenvalue weighted by atomic mass is 10.1. The number of thioether (sulfide) groups is 1. The molecule has 0 amide bonds. The van der Waals surface area contributed by atoms with Gasteiger partial charge in [0, 0.05) is 20.7 Å². The van der Waals surface area contributed by atoms with Gasteiger partial charge in [0.05, 0.1) is 0 Å². The van der Waals surface area contributed by atoms with E-state index in [-0.39, 0.29) is 0 Å². The molecule has 0 saturated heterocycles. The first-order valence-electron chi connectivity index (χ1n) is 4.49. The molecular formula is C11H10S2. The monoisotopic (exact) mass is 206 g/mol. The van der Waals surface area contributed by atoms with E-state index in [1.165, 1.54) is 27.3 Å². The maximum absolute atomic E-state index is 2.33. The second-order valence-electron chi connectivity index (χ2n) is 3.44. The molecule has 13 heavy (non-hydrogen) atoms. The highest BCUT2D eigenvalue weighted by atomic mass is 32.2. The van der Waals surface area contributed by atoms with Crippen LogP contribution in [0.4, 0.5) is 0 Å². The van der Waals surface area contributed by atoms with Gasteiger partial charge in [-0.05, 0) is 35.9 Å². The van der Waals surface area contributed by atoms with Crippen LogP contribution in [-0.2, 0) is 6.42 Å². The first-order valence-corrected chi connectivity index (χ1v) is 6.35. The lowest BCUT2D eigenvalue weighted by Gasteiger charge is -2.13. The third-order valence-electron chi connectivity index (χ3n) is 2.58. The van der Waals surface area contributed by atoms with Crippen LogP contribution >= 0.6 is 23.1 Å². The zero-order valence-electron chi connectivity index (χ0n) is 7.46. The summed E-state index contributed by atoms with van der Waals surface area (Å²) in [7, 11) is 0. The summed E-state index contributed by atoms with van der Waals surface area (Å²) < 4.78 is 1.46. The normalized spacial score (nSPS) is 15.2. The van der Waals surface area contributed by atoms with Crippen LogP contribution in [0.1, 0.15) is 11.1 Å². The molecule has 0 aliphatic carbocycles. The molecule has 2 heteroatoms. The highest BCUT2D eigenvalue weighted by Gasteiger charge is 2.15. The van der Waals surface area contributed by atoms with E-state index in [9.17, 15) is 0 Å². The second kappa shape index (κ2) is 2.76. The van der Waals surface area contributed by atoms with Crippen molar-refractivity contribution in [1.29, 1.82) is 0 Å². The summed E-state index contributed by atoms with van der Waals surface area (Å²) in [5.74, 6) is 1.25. The Balaban J connectivity index is 2.50. The van der Waals surface area contributed by atoms with E-state index in [2.05, 4.69) is 24.4 Å². The Kier molecular flexibility index (Phi) is 1.67. The molecule has 0 bridgehead atoms. The van der Waals surface area contributed by atoms with E-state index >= 15 is 0 Å². The molecule has 66 valence electrons. The van der Waals surface area contributed by atoms with Crippen LogP contribution in [0.5, 0.6) is 0 Å². The van der Waals surface area contributed by atoms with Crippen molar-refractivity contribution >= 4 is 33.2 Å². The number of hydrogen-bond acceptors (Lipinski definition) is 2. The van der Waals surface area contributed by atoms with Crippen LogP contribution in [0.3, 0.4) is 0 Å². The zero-order valence-corrected chi connectivity index (χ0v) is 9.10. The highest BCUT2D eigenvalue weighted by Crippen LogP contribution is 2.40. The Morgan fingerprint density at radius 1 is 1.31 bits per heavy atom. The van der Waals surface area contributed by atoms with Crippen molar-refractivity contribution in [3.05, 3.63) is 28.6 Å². The van der Waals surface area contributed by atoms with Crippen molar-refractivity contribution in [2.75, 3.05) is 5.75 Å². The smallest absolute Gasteiger partial charge is 0.0357 e. The third kappa shape index (κ3) is 1.05. The van der Waals surface area contributed by atoms with Crippen LogP contribution in [0, 0.1) is 6.92 Å². The Bertz CT molecular complexity index is 468. The summed E-state index contributed by atoms with van der Waals surface area (Å²) in [5.41, 5.74) is 3.01. The van der Waals surface area contributed by atoms with E-state index in [1.54, 1.807) is 10.9 Å². The van der Waals surface area contributed by atoms with Crippen molar-refractivity contribution in [2.24, 2.45) is 0 Å². The van der Waals surface area contributed by atoms with Crippen molar-refractivity contribution in [3.8, 4) is 0 Å². The van der Waals surface area contributed by atoms with E-state index in [0.717, 1.165) is 0 Å². The van der Waals surface area contributed by atoms with Crippen LogP contribution in [-0.4, -0.2) is 5.75 Å². The van der Waals surface area contributed by atoms with Crippen molar-refractivity contribution in [2.45, 2.75) is 18.2 Å². The van der Waals surface area contributed by atoms with Gasteiger partial charge in [-0.3, -0.25) is 0 Å². The van der Waals surface area contributed by atoms with Crippen molar-refractivity contribution in [3.63, 3.8) is 0 Å². The first-order chi connectivity index (χ1) is 6.36. The van der Waals surface area contributed by atoms with Crippen LogP contribution < -0.4 is 0 Å². The summed E-state index contributed by atoms with van der Waals surface area (Å²) in [5, 5.41) is 3.87. The fraction of sp³-hybridized carbons (Fsp3) is 0.273. The molecule has 0 nitrogen and oxygen atoms in total. The Morgan fingerprint density at radius 2 is 2.23 bits per heavy atom. The SMILES string of the molecule is Cc1ccc2scc3c2c1SCC3. The van der Waals surface area contributed by atoms with Crippen LogP contribution in [0.2, 0.25) is 0 Å². The summed E-state index contributed by atoms with van der Waals surface area (Å²) in [6.07, 6.45) is 1.25. The molecule has 2 heterocycles. The number of benzene rings is 1. The minimum atomic E-state index is 1.25. The molecular weight excluding hydrogens is 196 g/mol. The Labute approximate surface area is 86.0 Å². The van der Waals surface area contributed by atoms with E-state index in [0.29, 0.717) is 0 Å². The predicted octanol–water partition coefficient (Wildman–Crippen LogP) is 3.86. The van der Waals surface area contributed by atoms with Gasteiger partial charge in [-0.1, -0.05) is 6.07 Å². The minimum Gasteiger partial charge on any atom is -0.143 e. The van der Waals surface area contributed by atoms with Crippen LogP contribution in [0.15, 0.2) is 22.4 Å². The van der Waals surface area contributed by atoms with Gasteiger partial charge in [0.1, 0.15) is 0 Å². The topological polar surface area (TPSA) is 0 Å². The second-order valence-corrected chi connectivity index (χ2v) is 5.46. The number of thiophene rings is 1. The maximum Gasteiger partial charge on any atom is 0.0357 e. The average molecular weight is 206 g/mol. The molecule has 0 saturated carbocycles.